The van der Waals surface area contributed by atoms with E-state index in [9.17, 15) is 5.11 Å². The van der Waals surface area contributed by atoms with Gasteiger partial charge in [-0.1, -0.05) is 37.2 Å². The van der Waals surface area contributed by atoms with E-state index in [2.05, 4.69) is 4.90 Å². The number of thiocarbonyl (C=S) groups is 1. The van der Waals surface area contributed by atoms with E-state index in [-0.39, 0.29) is 0 Å². The number of para-hydroxylation sites is 1. The summed E-state index contributed by atoms with van der Waals surface area (Å²) >= 11 is 5.07. The molecule has 1 aromatic carbocycles. The Hall–Kier alpha value is -1.13. The molecule has 0 saturated heterocycles. The van der Waals surface area contributed by atoms with Crippen molar-refractivity contribution in [3.63, 3.8) is 0 Å². The third-order valence-corrected chi connectivity index (χ3v) is 3.87. The number of benzene rings is 1. The van der Waals surface area contributed by atoms with Gasteiger partial charge in [0.15, 0.2) is 0 Å². The van der Waals surface area contributed by atoms with Crippen LogP contribution in [0.15, 0.2) is 24.3 Å². The van der Waals surface area contributed by atoms with E-state index in [0.717, 1.165) is 36.9 Å². The first-order valence-electron chi connectivity index (χ1n) is 6.34. The van der Waals surface area contributed by atoms with Crippen LogP contribution in [0.3, 0.4) is 0 Å². The number of aliphatic hydroxyl groups is 1. The number of hydrogen-bond acceptors (Lipinski definition) is 3. The van der Waals surface area contributed by atoms with Gasteiger partial charge in [-0.3, -0.25) is 0 Å². The van der Waals surface area contributed by atoms with Gasteiger partial charge in [-0.25, -0.2) is 0 Å². The van der Waals surface area contributed by atoms with Gasteiger partial charge in [0.25, 0.3) is 0 Å². The standard InChI is InChI=1S/C14H20N2OS/c1-16(10-14(17)8-4-5-9-14)12-7-3-2-6-11(12)13(15)18/h2-3,6-7,17H,4-5,8-10H2,1H3,(H2,15,18). The van der Waals surface area contributed by atoms with Gasteiger partial charge in [-0.15, -0.1) is 0 Å². The minimum absolute atomic E-state index is 0.399. The highest BCUT2D eigenvalue weighted by molar-refractivity contribution is 7.80. The van der Waals surface area contributed by atoms with Gasteiger partial charge in [-0.05, 0) is 25.0 Å². The number of nitrogens with two attached hydrogens (primary N) is 1. The maximum Gasteiger partial charge on any atom is 0.106 e. The van der Waals surface area contributed by atoms with E-state index < -0.39 is 5.60 Å². The zero-order valence-electron chi connectivity index (χ0n) is 10.7. The summed E-state index contributed by atoms with van der Waals surface area (Å²) in [5.74, 6) is 0. The van der Waals surface area contributed by atoms with Crippen molar-refractivity contribution >= 4 is 22.9 Å². The van der Waals surface area contributed by atoms with Crippen LogP contribution >= 0.6 is 12.2 Å². The van der Waals surface area contributed by atoms with E-state index >= 15 is 0 Å². The van der Waals surface area contributed by atoms with Crippen molar-refractivity contribution in [3.8, 4) is 0 Å². The van der Waals surface area contributed by atoms with Gasteiger partial charge in [0, 0.05) is 24.8 Å². The molecule has 0 unspecified atom stereocenters. The van der Waals surface area contributed by atoms with E-state index in [4.69, 9.17) is 18.0 Å². The summed E-state index contributed by atoms with van der Waals surface area (Å²) in [6.45, 7) is 0.632. The van der Waals surface area contributed by atoms with Crippen molar-refractivity contribution < 1.29 is 5.11 Å². The van der Waals surface area contributed by atoms with Crippen LogP contribution in [-0.2, 0) is 0 Å². The van der Waals surface area contributed by atoms with E-state index in [1.807, 2.05) is 31.3 Å². The largest absolute Gasteiger partial charge is 0.389 e. The SMILES string of the molecule is CN(CC1(O)CCCC1)c1ccccc1C(N)=S. The van der Waals surface area contributed by atoms with E-state index in [1.165, 1.54) is 0 Å². The van der Waals surface area contributed by atoms with Gasteiger partial charge in [0.1, 0.15) is 4.99 Å². The molecule has 0 atom stereocenters. The number of rotatable bonds is 4. The highest BCUT2D eigenvalue weighted by Crippen LogP contribution is 2.31. The Morgan fingerprint density at radius 2 is 2.00 bits per heavy atom. The molecule has 0 spiro atoms. The fraction of sp³-hybridized carbons (Fsp3) is 0.500. The van der Waals surface area contributed by atoms with Crippen molar-refractivity contribution in [2.75, 3.05) is 18.5 Å². The van der Waals surface area contributed by atoms with E-state index in [0.29, 0.717) is 11.5 Å². The smallest absolute Gasteiger partial charge is 0.106 e. The number of nitrogens with zero attached hydrogens (tertiary/aromatic N) is 1. The fourth-order valence-corrected chi connectivity index (χ4v) is 2.91. The molecule has 0 aliphatic heterocycles. The summed E-state index contributed by atoms with van der Waals surface area (Å²) in [4.78, 5) is 2.45. The number of likely N-dealkylation sites (N-methyl/N-ethyl adjacent to an activating group) is 1. The van der Waals surface area contributed by atoms with Crippen molar-refractivity contribution in [2.45, 2.75) is 31.3 Å². The molecule has 0 amide bonds. The lowest BCUT2D eigenvalue weighted by molar-refractivity contribution is 0.0559. The molecule has 1 aliphatic carbocycles. The molecule has 1 fully saturated rings. The monoisotopic (exact) mass is 264 g/mol. The first kappa shape index (κ1) is 13.3. The zero-order valence-corrected chi connectivity index (χ0v) is 11.5. The van der Waals surface area contributed by atoms with Crippen LogP contribution in [0.25, 0.3) is 0 Å². The minimum Gasteiger partial charge on any atom is -0.389 e. The molecule has 0 radical (unpaired) electrons. The van der Waals surface area contributed by atoms with Crippen LogP contribution in [0.4, 0.5) is 5.69 Å². The Labute approximate surface area is 114 Å². The summed E-state index contributed by atoms with van der Waals surface area (Å²) in [6, 6.07) is 7.81. The van der Waals surface area contributed by atoms with E-state index in [1.54, 1.807) is 0 Å². The second-order valence-corrected chi connectivity index (χ2v) is 5.61. The maximum absolute atomic E-state index is 10.4. The average Bonchev–Trinajstić information content (AvgIpc) is 2.75. The Bertz CT molecular complexity index is 441. The molecule has 2 rings (SSSR count). The van der Waals surface area contributed by atoms with Crippen LogP contribution in [0.1, 0.15) is 31.2 Å². The molecule has 3 nitrogen and oxygen atoms in total. The lowest BCUT2D eigenvalue weighted by Gasteiger charge is -2.31. The normalized spacial score (nSPS) is 17.7. The van der Waals surface area contributed by atoms with Crippen LogP contribution in [-0.4, -0.2) is 29.3 Å². The number of anilines is 1. The van der Waals surface area contributed by atoms with Crippen molar-refractivity contribution in [1.82, 2.24) is 0 Å². The molecule has 98 valence electrons. The highest BCUT2D eigenvalue weighted by Gasteiger charge is 2.32. The molecule has 0 aromatic heterocycles. The molecule has 1 aromatic rings. The van der Waals surface area contributed by atoms with Gasteiger partial charge in [-0.2, -0.15) is 0 Å². The topological polar surface area (TPSA) is 49.5 Å². The van der Waals surface area contributed by atoms with Gasteiger partial charge >= 0.3 is 0 Å². The van der Waals surface area contributed by atoms with Gasteiger partial charge in [0.05, 0.1) is 5.60 Å². The van der Waals surface area contributed by atoms with Crippen LogP contribution in [0.2, 0.25) is 0 Å². The third-order valence-electron chi connectivity index (χ3n) is 3.65. The highest BCUT2D eigenvalue weighted by atomic mass is 32.1. The Balaban J connectivity index is 2.18. The van der Waals surface area contributed by atoms with Crippen LogP contribution in [0.5, 0.6) is 0 Å². The second kappa shape index (κ2) is 5.24. The summed E-state index contributed by atoms with van der Waals surface area (Å²) in [7, 11) is 1.98. The zero-order chi connectivity index (χ0) is 13.2. The minimum atomic E-state index is -0.557. The molecule has 0 bridgehead atoms. The molecule has 3 N–H and O–H groups in total. The summed E-state index contributed by atoms with van der Waals surface area (Å²) < 4.78 is 0. The molecular formula is C14H20N2OS. The average molecular weight is 264 g/mol. The lowest BCUT2D eigenvalue weighted by Crippen LogP contribution is -2.39. The van der Waals surface area contributed by atoms with Crippen molar-refractivity contribution in [1.29, 1.82) is 0 Å². The summed E-state index contributed by atoms with van der Waals surface area (Å²) in [6.07, 6.45) is 3.99. The Morgan fingerprint density at radius 3 is 2.61 bits per heavy atom. The van der Waals surface area contributed by atoms with Crippen molar-refractivity contribution in [2.24, 2.45) is 5.73 Å². The molecule has 18 heavy (non-hydrogen) atoms. The predicted octanol–water partition coefficient (Wildman–Crippen LogP) is 2.06. The second-order valence-electron chi connectivity index (χ2n) is 5.17. The Kier molecular flexibility index (Phi) is 3.88. The molecule has 0 heterocycles. The molecule has 1 saturated carbocycles. The lowest BCUT2D eigenvalue weighted by atomic mass is 10.0. The molecular weight excluding hydrogens is 244 g/mol. The van der Waals surface area contributed by atoms with Gasteiger partial charge in [0.2, 0.25) is 0 Å². The summed E-state index contributed by atoms with van der Waals surface area (Å²) in [5, 5.41) is 10.4. The maximum atomic E-state index is 10.4. The Morgan fingerprint density at radius 1 is 1.39 bits per heavy atom. The quantitative estimate of drug-likeness (QED) is 0.817. The van der Waals surface area contributed by atoms with Crippen LogP contribution in [0, 0.1) is 0 Å². The predicted molar refractivity (Wildman–Crippen MR) is 79.0 cm³/mol. The van der Waals surface area contributed by atoms with Crippen molar-refractivity contribution in [3.05, 3.63) is 29.8 Å². The third kappa shape index (κ3) is 2.82. The molecule has 1 aliphatic rings. The number of hydrogen-bond donors (Lipinski definition) is 2. The first-order valence-corrected chi connectivity index (χ1v) is 6.75. The first-order chi connectivity index (χ1) is 8.52. The fourth-order valence-electron chi connectivity index (χ4n) is 2.73. The van der Waals surface area contributed by atoms with Gasteiger partial charge < -0.3 is 15.7 Å². The molecule has 4 heteroatoms. The van der Waals surface area contributed by atoms with Crippen LogP contribution < -0.4 is 10.6 Å². The summed E-state index contributed by atoms with van der Waals surface area (Å²) in [5.41, 5.74) is 7.04.